The highest BCUT2D eigenvalue weighted by Gasteiger charge is 2.15. The fraction of sp³-hybridized carbons (Fsp3) is 0.316. The highest BCUT2D eigenvalue weighted by atomic mass is 32.2. The molecule has 152 valence electrons. The van der Waals surface area contributed by atoms with Gasteiger partial charge in [-0.15, -0.1) is 0 Å². The smallest absolute Gasteiger partial charge is 0.260 e. The summed E-state index contributed by atoms with van der Waals surface area (Å²) in [6.07, 6.45) is 0. The summed E-state index contributed by atoms with van der Waals surface area (Å²) in [5.41, 5.74) is 0.411. The zero-order chi connectivity index (χ0) is 20.6. The Morgan fingerprint density at radius 2 is 1.82 bits per heavy atom. The van der Waals surface area contributed by atoms with Crippen LogP contribution in [0.1, 0.15) is 5.56 Å². The van der Waals surface area contributed by atoms with E-state index < -0.39 is 10.0 Å². The molecule has 1 N–H and O–H groups in total. The van der Waals surface area contributed by atoms with Gasteiger partial charge >= 0.3 is 0 Å². The van der Waals surface area contributed by atoms with Crippen molar-refractivity contribution in [3.8, 4) is 5.75 Å². The number of halogens is 1. The normalized spacial score (nSPS) is 11.2. The fourth-order valence-electron chi connectivity index (χ4n) is 2.30. The van der Waals surface area contributed by atoms with Gasteiger partial charge in [0.1, 0.15) is 11.6 Å². The minimum Gasteiger partial charge on any atom is -0.484 e. The van der Waals surface area contributed by atoms with E-state index in [1.807, 2.05) is 0 Å². The number of nitrogens with zero attached hydrogens (tertiary/aromatic N) is 1. The standard InChI is InChI=1S/C19H23FN2O5S/c1-22(13-15-5-3-4-6-18(15)20)19(23)14-27-16-7-9-17(10-8-16)28(24,25)21-11-12-26-2/h3-10,21H,11-14H2,1-2H3. The molecule has 1 amide bonds. The Balaban J connectivity index is 1.88. The summed E-state index contributed by atoms with van der Waals surface area (Å²) in [5.74, 6) is -0.358. The second-order valence-electron chi connectivity index (χ2n) is 5.99. The molecule has 0 aromatic heterocycles. The van der Waals surface area contributed by atoms with Crippen LogP contribution in [0.15, 0.2) is 53.4 Å². The van der Waals surface area contributed by atoms with Crippen molar-refractivity contribution < 1.29 is 27.1 Å². The molecular formula is C19H23FN2O5S. The van der Waals surface area contributed by atoms with E-state index in [-0.39, 0.29) is 42.9 Å². The van der Waals surface area contributed by atoms with Crippen LogP contribution in [-0.4, -0.2) is 53.1 Å². The average molecular weight is 410 g/mol. The molecule has 0 unspecified atom stereocenters. The monoisotopic (exact) mass is 410 g/mol. The first-order valence-corrected chi connectivity index (χ1v) is 10.0. The van der Waals surface area contributed by atoms with Gasteiger partial charge in [-0.3, -0.25) is 4.79 Å². The fourth-order valence-corrected chi connectivity index (χ4v) is 3.32. The van der Waals surface area contributed by atoms with Crippen molar-refractivity contribution in [3.05, 3.63) is 59.9 Å². The Labute approximate surface area is 164 Å². The number of rotatable bonds is 10. The number of hydrogen-bond acceptors (Lipinski definition) is 5. The number of sulfonamides is 1. The van der Waals surface area contributed by atoms with E-state index in [0.717, 1.165) is 0 Å². The largest absolute Gasteiger partial charge is 0.484 e. The SMILES string of the molecule is COCCNS(=O)(=O)c1ccc(OCC(=O)N(C)Cc2ccccc2F)cc1. The maximum atomic E-state index is 13.7. The molecule has 0 saturated heterocycles. The topological polar surface area (TPSA) is 84.9 Å². The summed E-state index contributed by atoms with van der Waals surface area (Å²) in [4.78, 5) is 13.6. The van der Waals surface area contributed by atoms with E-state index in [0.29, 0.717) is 11.3 Å². The number of methoxy groups -OCH3 is 1. The molecule has 0 saturated carbocycles. The lowest BCUT2D eigenvalue weighted by Gasteiger charge is -2.18. The zero-order valence-electron chi connectivity index (χ0n) is 15.7. The van der Waals surface area contributed by atoms with Crippen LogP contribution in [0.5, 0.6) is 5.75 Å². The zero-order valence-corrected chi connectivity index (χ0v) is 16.5. The van der Waals surface area contributed by atoms with E-state index in [2.05, 4.69) is 4.72 Å². The van der Waals surface area contributed by atoms with Gasteiger partial charge in [0.25, 0.3) is 5.91 Å². The third kappa shape index (κ3) is 6.29. The van der Waals surface area contributed by atoms with Crippen molar-refractivity contribution >= 4 is 15.9 Å². The van der Waals surface area contributed by atoms with Crippen LogP contribution in [0.2, 0.25) is 0 Å². The quantitative estimate of drug-likeness (QED) is 0.604. The van der Waals surface area contributed by atoms with Crippen LogP contribution in [0.25, 0.3) is 0 Å². The molecule has 7 nitrogen and oxygen atoms in total. The number of nitrogens with one attached hydrogen (secondary N) is 1. The maximum Gasteiger partial charge on any atom is 0.260 e. The molecule has 2 aromatic rings. The second-order valence-corrected chi connectivity index (χ2v) is 7.76. The van der Waals surface area contributed by atoms with Crippen molar-refractivity contribution in [1.29, 1.82) is 0 Å². The van der Waals surface area contributed by atoms with E-state index >= 15 is 0 Å². The minimum absolute atomic E-state index is 0.0824. The van der Waals surface area contributed by atoms with Crippen molar-refractivity contribution in [2.75, 3.05) is 33.9 Å². The van der Waals surface area contributed by atoms with E-state index in [1.165, 1.54) is 42.3 Å². The second kappa shape index (κ2) is 10.2. The van der Waals surface area contributed by atoms with Gasteiger partial charge in [-0.05, 0) is 30.3 Å². The summed E-state index contributed by atoms with van der Waals surface area (Å²) >= 11 is 0. The molecule has 0 spiro atoms. The van der Waals surface area contributed by atoms with Crippen LogP contribution >= 0.6 is 0 Å². The lowest BCUT2D eigenvalue weighted by molar-refractivity contribution is -0.132. The molecule has 0 aliphatic heterocycles. The summed E-state index contributed by atoms with van der Waals surface area (Å²) in [7, 11) is -0.592. The lowest BCUT2D eigenvalue weighted by Crippen LogP contribution is -2.31. The summed E-state index contributed by atoms with van der Waals surface area (Å²) in [5, 5.41) is 0. The number of benzene rings is 2. The third-order valence-corrected chi connectivity index (χ3v) is 5.36. The van der Waals surface area contributed by atoms with Crippen molar-refractivity contribution in [1.82, 2.24) is 9.62 Å². The molecule has 0 atom stereocenters. The van der Waals surface area contributed by atoms with Crippen LogP contribution < -0.4 is 9.46 Å². The molecule has 28 heavy (non-hydrogen) atoms. The van der Waals surface area contributed by atoms with E-state index in [1.54, 1.807) is 25.2 Å². The van der Waals surface area contributed by atoms with Gasteiger partial charge in [0.05, 0.1) is 11.5 Å². The molecule has 9 heteroatoms. The van der Waals surface area contributed by atoms with Crippen LogP contribution in [0, 0.1) is 5.82 Å². The van der Waals surface area contributed by atoms with Gasteiger partial charge in [-0.1, -0.05) is 18.2 Å². The van der Waals surface area contributed by atoms with Crippen LogP contribution in [-0.2, 0) is 26.1 Å². The molecule has 2 aromatic carbocycles. The van der Waals surface area contributed by atoms with E-state index in [4.69, 9.17) is 9.47 Å². The predicted octanol–water partition coefficient (Wildman–Crippen LogP) is 1.79. The van der Waals surface area contributed by atoms with Crippen molar-refractivity contribution in [2.24, 2.45) is 0 Å². The Morgan fingerprint density at radius 3 is 2.46 bits per heavy atom. The van der Waals surface area contributed by atoms with Gasteiger partial charge < -0.3 is 14.4 Å². The Kier molecular flexibility index (Phi) is 7.91. The number of amides is 1. The van der Waals surface area contributed by atoms with Gasteiger partial charge in [-0.2, -0.15) is 0 Å². The summed E-state index contributed by atoms with van der Waals surface area (Å²) in [6.45, 7) is 0.311. The number of hydrogen-bond donors (Lipinski definition) is 1. The van der Waals surface area contributed by atoms with E-state index in [9.17, 15) is 17.6 Å². The first-order valence-electron chi connectivity index (χ1n) is 8.52. The predicted molar refractivity (Wildman–Crippen MR) is 102 cm³/mol. The van der Waals surface area contributed by atoms with Gasteiger partial charge in [0.2, 0.25) is 10.0 Å². The van der Waals surface area contributed by atoms with Crippen molar-refractivity contribution in [3.63, 3.8) is 0 Å². The molecular weight excluding hydrogens is 387 g/mol. The maximum absolute atomic E-state index is 13.7. The first kappa shape index (κ1) is 21.8. The Bertz CT molecular complexity index is 887. The average Bonchev–Trinajstić information content (AvgIpc) is 2.68. The highest BCUT2D eigenvalue weighted by Crippen LogP contribution is 2.16. The molecule has 2 rings (SSSR count). The number of ether oxygens (including phenoxy) is 2. The number of carbonyl (C=O) groups is 1. The Morgan fingerprint density at radius 1 is 1.14 bits per heavy atom. The van der Waals surface area contributed by atoms with Crippen LogP contribution in [0.3, 0.4) is 0 Å². The molecule has 0 fully saturated rings. The number of likely N-dealkylation sites (N-methyl/N-ethyl adjacent to an activating group) is 1. The molecule has 0 radical (unpaired) electrons. The van der Waals surface area contributed by atoms with Gasteiger partial charge in [0, 0.05) is 32.8 Å². The van der Waals surface area contributed by atoms with Crippen LogP contribution in [0.4, 0.5) is 4.39 Å². The van der Waals surface area contributed by atoms with Gasteiger partial charge in [-0.25, -0.2) is 17.5 Å². The summed E-state index contributed by atoms with van der Waals surface area (Å²) < 4.78 is 50.4. The first-order chi connectivity index (χ1) is 13.3. The van der Waals surface area contributed by atoms with Crippen molar-refractivity contribution in [2.45, 2.75) is 11.4 Å². The Hall–Kier alpha value is -2.49. The molecule has 0 bridgehead atoms. The highest BCUT2D eigenvalue weighted by molar-refractivity contribution is 7.89. The molecule has 0 aliphatic carbocycles. The molecule has 0 aliphatic rings. The molecule has 0 heterocycles. The van der Waals surface area contributed by atoms with Gasteiger partial charge in [0.15, 0.2) is 6.61 Å². The number of carbonyl (C=O) groups excluding carboxylic acids is 1. The summed E-state index contributed by atoms with van der Waals surface area (Å²) in [6, 6.07) is 11.9. The third-order valence-electron chi connectivity index (χ3n) is 3.89. The lowest BCUT2D eigenvalue weighted by atomic mass is 10.2. The minimum atomic E-state index is -3.63.